The number of hydrogen-bond acceptors (Lipinski definition) is 2. The minimum absolute atomic E-state index is 0.121. The quantitative estimate of drug-likeness (QED) is 0.698. The molecule has 1 spiro atoms. The molecule has 0 heterocycles. The van der Waals surface area contributed by atoms with E-state index >= 15 is 0 Å². The van der Waals surface area contributed by atoms with Crippen LogP contribution in [0.25, 0.3) is 0 Å². The first kappa shape index (κ1) is 8.96. The van der Waals surface area contributed by atoms with Gasteiger partial charge in [0, 0.05) is 6.42 Å². The Morgan fingerprint density at radius 2 is 2.07 bits per heavy atom. The van der Waals surface area contributed by atoms with Gasteiger partial charge >= 0.3 is 0 Å². The highest BCUT2D eigenvalue weighted by Crippen LogP contribution is 2.50. The number of carbonyl (C=O) groups excluding carboxylic acids is 1. The Morgan fingerprint density at radius 1 is 1.27 bits per heavy atom. The summed E-state index contributed by atoms with van der Waals surface area (Å²) in [5.74, 6) is 1.30. The number of methoxy groups -OCH3 is 1. The highest BCUT2D eigenvalue weighted by molar-refractivity contribution is 5.97. The maximum absolute atomic E-state index is 11.8. The van der Waals surface area contributed by atoms with Crippen LogP contribution in [0, 0.1) is 0 Å². The Balaban J connectivity index is 2.12. The van der Waals surface area contributed by atoms with E-state index in [2.05, 4.69) is 12.1 Å². The number of fused-ring (bicyclic) bond motifs is 2. The average molecular weight is 202 g/mol. The third-order valence-electron chi connectivity index (χ3n) is 3.97. The molecule has 0 N–H and O–H groups in total. The van der Waals surface area contributed by atoms with E-state index in [4.69, 9.17) is 4.74 Å². The molecule has 2 heteroatoms. The van der Waals surface area contributed by atoms with Crippen LogP contribution in [0.15, 0.2) is 18.2 Å². The van der Waals surface area contributed by atoms with E-state index in [9.17, 15) is 4.79 Å². The molecule has 1 fully saturated rings. The van der Waals surface area contributed by atoms with Crippen molar-refractivity contribution in [3.8, 4) is 5.75 Å². The summed E-state index contributed by atoms with van der Waals surface area (Å²) in [5, 5.41) is 0. The third-order valence-corrected chi connectivity index (χ3v) is 3.97. The summed E-state index contributed by atoms with van der Waals surface area (Å²) in [6, 6.07) is 6.15. The lowest BCUT2D eigenvalue weighted by atomic mass is 9.64. The van der Waals surface area contributed by atoms with Crippen molar-refractivity contribution in [2.45, 2.75) is 31.1 Å². The second-order valence-electron chi connectivity index (χ2n) is 4.53. The second-order valence-corrected chi connectivity index (χ2v) is 4.53. The standard InChI is InChI=1S/C13H14O2/c1-15-10-3-2-9-4-6-13(11(9)8-10)7-5-12(13)14/h2-3,8H,4-7H2,1H3/t13-/m0/s1. The van der Waals surface area contributed by atoms with Crippen LogP contribution < -0.4 is 4.74 Å². The van der Waals surface area contributed by atoms with E-state index in [1.807, 2.05) is 6.07 Å². The molecule has 0 saturated heterocycles. The summed E-state index contributed by atoms with van der Waals surface area (Å²) in [6.07, 6.45) is 3.85. The maximum Gasteiger partial charge on any atom is 0.143 e. The molecule has 15 heavy (non-hydrogen) atoms. The molecule has 2 aliphatic rings. The molecule has 1 atom stereocenters. The van der Waals surface area contributed by atoms with Crippen molar-refractivity contribution in [3.05, 3.63) is 29.3 Å². The molecule has 0 radical (unpaired) electrons. The lowest BCUT2D eigenvalue weighted by molar-refractivity contribution is -0.131. The van der Waals surface area contributed by atoms with Crippen LogP contribution in [0.3, 0.4) is 0 Å². The number of benzene rings is 1. The molecule has 0 aliphatic heterocycles. The van der Waals surface area contributed by atoms with Gasteiger partial charge in [0.2, 0.25) is 0 Å². The SMILES string of the molecule is COc1ccc2c(c1)[C@@]1(CCC1=O)CC2. The predicted molar refractivity (Wildman–Crippen MR) is 57.2 cm³/mol. The Bertz CT molecular complexity index is 436. The number of hydrogen-bond donors (Lipinski definition) is 0. The fourth-order valence-corrected chi connectivity index (χ4v) is 2.91. The van der Waals surface area contributed by atoms with Crippen LogP contribution in [0.4, 0.5) is 0 Å². The highest BCUT2D eigenvalue weighted by atomic mass is 16.5. The van der Waals surface area contributed by atoms with Gasteiger partial charge in [-0.15, -0.1) is 0 Å². The molecule has 2 nitrogen and oxygen atoms in total. The minimum Gasteiger partial charge on any atom is -0.497 e. The van der Waals surface area contributed by atoms with Gasteiger partial charge in [-0.2, -0.15) is 0 Å². The first-order chi connectivity index (χ1) is 7.26. The zero-order valence-electron chi connectivity index (χ0n) is 8.88. The van der Waals surface area contributed by atoms with Crippen molar-refractivity contribution in [1.82, 2.24) is 0 Å². The Hall–Kier alpha value is -1.31. The van der Waals surface area contributed by atoms with E-state index in [0.717, 1.165) is 31.4 Å². The summed E-state index contributed by atoms with van der Waals surface area (Å²) in [4.78, 5) is 11.8. The van der Waals surface area contributed by atoms with E-state index < -0.39 is 0 Å². The van der Waals surface area contributed by atoms with Crippen molar-refractivity contribution in [1.29, 1.82) is 0 Å². The van der Waals surface area contributed by atoms with Gasteiger partial charge in [0.25, 0.3) is 0 Å². The average Bonchev–Trinajstić information content (AvgIpc) is 2.67. The molecule has 0 aromatic heterocycles. The summed E-state index contributed by atoms with van der Waals surface area (Å²) in [6.45, 7) is 0. The smallest absolute Gasteiger partial charge is 0.143 e. The fraction of sp³-hybridized carbons (Fsp3) is 0.462. The number of ether oxygens (including phenoxy) is 1. The molecule has 1 aromatic rings. The summed E-state index contributed by atoms with van der Waals surface area (Å²) >= 11 is 0. The number of rotatable bonds is 1. The van der Waals surface area contributed by atoms with Crippen molar-refractivity contribution < 1.29 is 9.53 Å². The fourth-order valence-electron chi connectivity index (χ4n) is 2.91. The van der Waals surface area contributed by atoms with Crippen molar-refractivity contribution >= 4 is 5.78 Å². The van der Waals surface area contributed by atoms with Gasteiger partial charge in [0.15, 0.2) is 0 Å². The van der Waals surface area contributed by atoms with E-state index in [1.165, 1.54) is 11.1 Å². The topological polar surface area (TPSA) is 26.3 Å². The summed E-state index contributed by atoms with van der Waals surface area (Å²) < 4.78 is 5.23. The molecule has 0 amide bonds. The number of Topliss-reactive ketones (excluding diaryl/α,β-unsaturated/α-hetero) is 1. The van der Waals surface area contributed by atoms with Gasteiger partial charge in [0.1, 0.15) is 11.5 Å². The van der Waals surface area contributed by atoms with Crippen molar-refractivity contribution in [2.75, 3.05) is 7.11 Å². The number of carbonyl (C=O) groups is 1. The van der Waals surface area contributed by atoms with Gasteiger partial charge in [-0.05, 0) is 42.5 Å². The maximum atomic E-state index is 11.8. The molecule has 2 aliphatic carbocycles. The minimum atomic E-state index is -0.121. The van der Waals surface area contributed by atoms with Crippen molar-refractivity contribution in [2.24, 2.45) is 0 Å². The highest BCUT2D eigenvalue weighted by Gasteiger charge is 2.50. The monoisotopic (exact) mass is 202 g/mol. The van der Waals surface area contributed by atoms with Crippen LogP contribution in [-0.2, 0) is 16.6 Å². The van der Waals surface area contributed by atoms with Crippen LogP contribution in [0.5, 0.6) is 5.75 Å². The Morgan fingerprint density at radius 3 is 2.67 bits per heavy atom. The first-order valence-corrected chi connectivity index (χ1v) is 5.47. The van der Waals surface area contributed by atoms with Crippen molar-refractivity contribution in [3.63, 3.8) is 0 Å². The summed E-state index contributed by atoms with van der Waals surface area (Å²) in [5.41, 5.74) is 2.45. The second kappa shape index (κ2) is 2.84. The Labute approximate surface area is 89.2 Å². The van der Waals surface area contributed by atoms with E-state index in [0.29, 0.717) is 5.78 Å². The molecule has 0 bridgehead atoms. The molecule has 1 saturated carbocycles. The molecule has 1 aromatic carbocycles. The first-order valence-electron chi connectivity index (χ1n) is 5.47. The lowest BCUT2D eigenvalue weighted by Crippen LogP contribution is -2.42. The molecule has 3 rings (SSSR count). The molecular formula is C13H14O2. The largest absolute Gasteiger partial charge is 0.497 e. The van der Waals surface area contributed by atoms with E-state index in [-0.39, 0.29) is 5.41 Å². The lowest BCUT2D eigenvalue weighted by Gasteiger charge is -2.37. The Kier molecular flexibility index (Phi) is 1.70. The molecular weight excluding hydrogens is 188 g/mol. The molecule has 0 unspecified atom stereocenters. The third kappa shape index (κ3) is 1.02. The number of aryl methyl sites for hydroxylation is 1. The zero-order valence-corrected chi connectivity index (χ0v) is 8.88. The van der Waals surface area contributed by atoms with Gasteiger partial charge in [-0.25, -0.2) is 0 Å². The number of ketones is 1. The van der Waals surface area contributed by atoms with Gasteiger partial charge in [-0.1, -0.05) is 6.07 Å². The summed E-state index contributed by atoms with van der Waals surface area (Å²) in [7, 11) is 1.67. The van der Waals surface area contributed by atoms with Crippen LogP contribution >= 0.6 is 0 Å². The normalized spacial score (nSPS) is 27.7. The van der Waals surface area contributed by atoms with Gasteiger partial charge in [0.05, 0.1) is 12.5 Å². The van der Waals surface area contributed by atoms with Crippen LogP contribution in [0.2, 0.25) is 0 Å². The van der Waals surface area contributed by atoms with Gasteiger partial charge < -0.3 is 4.74 Å². The zero-order chi connectivity index (χ0) is 10.5. The van der Waals surface area contributed by atoms with Crippen LogP contribution in [-0.4, -0.2) is 12.9 Å². The molecule has 78 valence electrons. The predicted octanol–water partition coefficient (Wildman–Crippen LogP) is 2.24. The van der Waals surface area contributed by atoms with Crippen LogP contribution in [0.1, 0.15) is 30.4 Å². The van der Waals surface area contributed by atoms with Gasteiger partial charge in [-0.3, -0.25) is 4.79 Å². The van der Waals surface area contributed by atoms with E-state index in [1.54, 1.807) is 7.11 Å².